The molecule has 22 heavy (non-hydrogen) atoms. The Kier molecular flexibility index (Phi) is 4.52. The van der Waals surface area contributed by atoms with Gasteiger partial charge in [0.05, 0.1) is 5.69 Å². The molecule has 1 heterocycles. The van der Waals surface area contributed by atoms with Crippen LogP contribution in [0.4, 0.5) is 0 Å². The normalized spacial score (nSPS) is 17.1. The molecule has 118 valence electrons. The average Bonchev–Trinajstić information content (AvgIpc) is 2.88. The number of sulfonamides is 1. The van der Waals surface area contributed by atoms with E-state index in [9.17, 15) is 8.42 Å². The van der Waals surface area contributed by atoms with E-state index < -0.39 is 10.0 Å². The lowest BCUT2D eigenvalue weighted by Crippen LogP contribution is -2.36. The third kappa shape index (κ3) is 3.69. The van der Waals surface area contributed by atoms with Crippen LogP contribution in [0.5, 0.6) is 0 Å². The number of hydrogen-bond acceptors (Lipinski definition) is 4. The van der Waals surface area contributed by atoms with Gasteiger partial charge in [-0.05, 0) is 36.5 Å². The zero-order valence-electron chi connectivity index (χ0n) is 11.9. The van der Waals surface area contributed by atoms with E-state index in [-0.39, 0.29) is 11.8 Å². The number of nitrogens with zero attached hydrogens (tertiary/aromatic N) is 1. The second-order valence-corrected chi connectivity index (χ2v) is 7.78. The first-order chi connectivity index (χ1) is 10.5. The molecule has 1 aliphatic carbocycles. The molecular weight excluding hydrogens is 324 g/mol. The molecule has 0 amide bonds. The molecular formula is C15H17ClN2O3S. The molecule has 0 spiro atoms. The lowest BCUT2D eigenvalue weighted by Gasteiger charge is -2.34. The molecule has 1 saturated carbocycles. The molecule has 3 rings (SSSR count). The van der Waals surface area contributed by atoms with E-state index in [0.29, 0.717) is 16.6 Å². The first-order valence-corrected chi connectivity index (χ1v) is 9.21. The summed E-state index contributed by atoms with van der Waals surface area (Å²) in [5.41, 5.74) is 1.34. The van der Waals surface area contributed by atoms with Crippen LogP contribution >= 0.6 is 11.6 Å². The Bertz CT molecular complexity index is 710. The Labute approximate surface area is 134 Å². The predicted molar refractivity (Wildman–Crippen MR) is 83.8 cm³/mol. The van der Waals surface area contributed by atoms with Crippen LogP contribution in [0.1, 0.15) is 36.6 Å². The van der Waals surface area contributed by atoms with Gasteiger partial charge in [0.2, 0.25) is 10.0 Å². The zero-order valence-corrected chi connectivity index (χ0v) is 13.5. The summed E-state index contributed by atoms with van der Waals surface area (Å²) in [5, 5.41) is 4.30. The highest BCUT2D eigenvalue weighted by Crippen LogP contribution is 2.38. The summed E-state index contributed by atoms with van der Waals surface area (Å²) >= 11 is 5.91. The summed E-state index contributed by atoms with van der Waals surface area (Å²) < 4.78 is 32.3. The van der Waals surface area contributed by atoms with Crippen LogP contribution in [0.3, 0.4) is 0 Å². The van der Waals surface area contributed by atoms with Crippen molar-refractivity contribution in [2.75, 3.05) is 0 Å². The minimum atomic E-state index is -3.49. The van der Waals surface area contributed by atoms with E-state index in [2.05, 4.69) is 14.4 Å². The molecule has 1 N–H and O–H groups in total. The standard InChI is InChI=1S/C15H17ClN2O3S/c16-13-6-4-12(5-7-13)15(11-2-1-3-11)18-22(19,20)10-14-8-9-21-17-14/h4-9,11,15,18H,1-3,10H2/t15-/m0/s1. The van der Waals surface area contributed by atoms with Crippen molar-refractivity contribution in [2.24, 2.45) is 5.92 Å². The number of rotatable bonds is 6. The summed E-state index contributed by atoms with van der Waals surface area (Å²) in [5.74, 6) is 0.147. The van der Waals surface area contributed by atoms with E-state index in [1.54, 1.807) is 18.2 Å². The molecule has 1 aromatic heterocycles. The fourth-order valence-corrected chi connectivity index (χ4v) is 4.08. The first kappa shape index (κ1) is 15.5. The van der Waals surface area contributed by atoms with Crippen LogP contribution < -0.4 is 4.72 Å². The minimum absolute atomic E-state index is 0.180. The van der Waals surface area contributed by atoms with Crippen molar-refractivity contribution in [1.82, 2.24) is 9.88 Å². The van der Waals surface area contributed by atoms with Gasteiger partial charge in [-0.3, -0.25) is 0 Å². The van der Waals surface area contributed by atoms with Gasteiger partial charge in [0.1, 0.15) is 12.0 Å². The van der Waals surface area contributed by atoms with Gasteiger partial charge in [-0.25, -0.2) is 13.1 Å². The van der Waals surface area contributed by atoms with Crippen molar-refractivity contribution < 1.29 is 12.9 Å². The second kappa shape index (κ2) is 6.40. The van der Waals surface area contributed by atoms with Crippen molar-refractivity contribution in [2.45, 2.75) is 31.1 Å². The van der Waals surface area contributed by atoms with E-state index >= 15 is 0 Å². The quantitative estimate of drug-likeness (QED) is 0.875. The topological polar surface area (TPSA) is 72.2 Å². The molecule has 0 radical (unpaired) electrons. The summed E-state index contributed by atoms with van der Waals surface area (Å²) in [7, 11) is -3.49. The molecule has 1 fully saturated rings. The lowest BCUT2D eigenvalue weighted by atomic mass is 9.77. The fourth-order valence-electron chi connectivity index (χ4n) is 2.62. The number of nitrogens with one attached hydrogen (secondary N) is 1. The number of halogens is 1. The van der Waals surface area contributed by atoms with Crippen molar-refractivity contribution in [3.8, 4) is 0 Å². The van der Waals surface area contributed by atoms with Gasteiger partial charge in [0, 0.05) is 17.1 Å². The molecule has 1 atom stereocenters. The van der Waals surface area contributed by atoms with Crippen molar-refractivity contribution in [1.29, 1.82) is 0 Å². The van der Waals surface area contributed by atoms with Crippen LogP contribution in [0.2, 0.25) is 5.02 Å². The molecule has 0 unspecified atom stereocenters. The summed E-state index contributed by atoms with van der Waals surface area (Å²) in [6, 6.07) is 8.67. The van der Waals surface area contributed by atoms with Crippen LogP contribution in [0.25, 0.3) is 0 Å². The molecule has 2 aromatic rings. The fraction of sp³-hybridized carbons (Fsp3) is 0.400. The highest BCUT2D eigenvalue weighted by molar-refractivity contribution is 7.88. The van der Waals surface area contributed by atoms with Gasteiger partial charge in [-0.15, -0.1) is 0 Å². The van der Waals surface area contributed by atoms with Crippen LogP contribution in [0, 0.1) is 5.92 Å². The SMILES string of the molecule is O=S(=O)(Cc1ccon1)N[C@H](c1ccc(Cl)cc1)C1CCC1. The monoisotopic (exact) mass is 340 g/mol. The van der Waals surface area contributed by atoms with Crippen LogP contribution in [-0.4, -0.2) is 13.6 Å². The summed E-state index contributed by atoms with van der Waals surface area (Å²) in [6.45, 7) is 0. The molecule has 1 aliphatic rings. The zero-order chi connectivity index (χ0) is 15.6. The molecule has 7 heteroatoms. The van der Waals surface area contributed by atoms with Gasteiger partial charge < -0.3 is 4.52 Å². The molecule has 0 aliphatic heterocycles. The third-order valence-electron chi connectivity index (χ3n) is 3.99. The number of benzene rings is 1. The van der Waals surface area contributed by atoms with E-state index in [1.165, 1.54) is 6.26 Å². The Balaban J connectivity index is 1.79. The summed E-state index contributed by atoms with van der Waals surface area (Å²) in [4.78, 5) is 0. The average molecular weight is 341 g/mol. The van der Waals surface area contributed by atoms with Crippen molar-refractivity contribution >= 4 is 21.6 Å². The first-order valence-electron chi connectivity index (χ1n) is 7.18. The Morgan fingerprint density at radius 1 is 1.27 bits per heavy atom. The Morgan fingerprint density at radius 2 is 2.00 bits per heavy atom. The van der Waals surface area contributed by atoms with Gasteiger partial charge in [-0.1, -0.05) is 35.3 Å². The third-order valence-corrected chi connectivity index (χ3v) is 5.53. The maximum absolute atomic E-state index is 12.4. The van der Waals surface area contributed by atoms with Gasteiger partial charge in [0.25, 0.3) is 0 Å². The van der Waals surface area contributed by atoms with E-state index in [0.717, 1.165) is 24.8 Å². The van der Waals surface area contributed by atoms with Crippen molar-refractivity contribution in [3.05, 3.63) is 52.9 Å². The molecule has 0 saturated heterocycles. The maximum Gasteiger partial charge on any atom is 0.218 e. The Morgan fingerprint density at radius 3 is 2.55 bits per heavy atom. The highest BCUT2D eigenvalue weighted by Gasteiger charge is 2.31. The van der Waals surface area contributed by atoms with E-state index in [4.69, 9.17) is 11.6 Å². The lowest BCUT2D eigenvalue weighted by molar-refractivity contribution is 0.251. The second-order valence-electron chi connectivity index (χ2n) is 5.59. The Hall–Kier alpha value is -1.37. The van der Waals surface area contributed by atoms with Gasteiger partial charge in [0.15, 0.2) is 0 Å². The smallest absolute Gasteiger partial charge is 0.218 e. The van der Waals surface area contributed by atoms with Crippen molar-refractivity contribution in [3.63, 3.8) is 0 Å². The van der Waals surface area contributed by atoms with E-state index in [1.807, 2.05) is 12.1 Å². The van der Waals surface area contributed by atoms with Gasteiger partial charge >= 0.3 is 0 Å². The molecule has 5 nitrogen and oxygen atoms in total. The predicted octanol–water partition coefficient (Wildman–Crippen LogP) is 3.29. The maximum atomic E-state index is 12.4. The van der Waals surface area contributed by atoms with Gasteiger partial charge in [-0.2, -0.15) is 0 Å². The minimum Gasteiger partial charge on any atom is -0.364 e. The van der Waals surface area contributed by atoms with Crippen LogP contribution in [-0.2, 0) is 15.8 Å². The largest absolute Gasteiger partial charge is 0.364 e. The highest BCUT2D eigenvalue weighted by atomic mass is 35.5. The molecule has 1 aromatic carbocycles. The number of hydrogen-bond donors (Lipinski definition) is 1. The molecule has 0 bridgehead atoms. The number of aromatic nitrogens is 1. The summed E-state index contributed by atoms with van der Waals surface area (Å²) in [6.07, 6.45) is 4.56. The van der Waals surface area contributed by atoms with Crippen LogP contribution in [0.15, 0.2) is 41.1 Å².